The molecule has 0 fully saturated rings. The third kappa shape index (κ3) is 6.44. The van der Waals surface area contributed by atoms with E-state index >= 15 is 0 Å². The van der Waals surface area contributed by atoms with Gasteiger partial charge in [-0.05, 0) is 118 Å². The predicted octanol–water partition coefficient (Wildman–Crippen LogP) is 14.8. The normalized spacial score (nSPS) is 14.4. The fraction of sp³-hybridized carbons (Fsp3) is 0.148. The molecule has 11 aromatic rings. The van der Waals surface area contributed by atoms with Gasteiger partial charge in [-0.2, -0.15) is 8.75 Å². The van der Waals surface area contributed by atoms with Crippen LogP contribution >= 0.6 is 23.1 Å². The summed E-state index contributed by atoms with van der Waals surface area (Å²) in [5.41, 5.74) is 7.32. The van der Waals surface area contributed by atoms with E-state index < -0.39 is 12.1 Å². The second-order valence-corrected chi connectivity index (χ2v) is 19.0. The van der Waals surface area contributed by atoms with Crippen LogP contribution in [0.15, 0.2) is 158 Å². The number of benzene rings is 7. The smallest absolute Gasteiger partial charge is 0.173 e. The monoisotopic (exact) mass is 849 g/mol. The van der Waals surface area contributed by atoms with Gasteiger partial charge in [0.15, 0.2) is 11.6 Å². The summed E-state index contributed by atoms with van der Waals surface area (Å²) in [6, 6.07) is 29.7. The van der Waals surface area contributed by atoms with Crippen LogP contribution in [0.5, 0.6) is 0 Å². The van der Waals surface area contributed by atoms with E-state index in [2.05, 4.69) is 74.6 Å². The Hall–Kier alpha value is -6.74. The Morgan fingerprint density at radius 2 is 0.839 bits per heavy atom. The van der Waals surface area contributed by atoms with Crippen molar-refractivity contribution in [1.82, 2.24) is 27.8 Å². The standard InChI is InChI=1S/C54H44N6S2/c1-53(2,3)37-23-15-33(16-24-37)49-55-51(61-57-49)35-19-27-39(28-20-35)59-43-13-9-7-11-41(43)47-45(59)31-32-46-48(47)42-12-8-10-14-44(42)60(46)40-29-21-36(22-30-40)52-56-50(58-62-52)34-17-25-38(26-18-34)54(4,5)6/h7-32H,1-6H3/i7D,8D,9D,11D,12D,13D,14D,31D,32D. The molecule has 0 saturated heterocycles. The van der Waals surface area contributed by atoms with Gasteiger partial charge in [-0.1, -0.05) is 126 Å². The fourth-order valence-electron chi connectivity index (χ4n) is 8.06. The molecule has 0 aliphatic rings. The third-order valence-corrected chi connectivity index (χ3v) is 12.9. The Labute approximate surface area is 381 Å². The van der Waals surface area contributed by atoms with Crippen LogP contribution in [0.4, 0.5) is 0 Å². The summed E-state index contributed by atoms with van der Waals surface area (Å²) in [5.74, 6) is 1.20. The number of hydrogen-bond donors (Lipinski definition) is 0. The first-order chi connectivity index (χ1) is 33.7. The number of nitrogens with zero attached hydrogens (tertiary/aromatic N) is 6. The van der Waals surface area contributed by atoms with Gasteiger partial charge in [-0.3, -0.25) is 0 Å². The van der Waals surface area contributed by atoms with Crippen molar-refractivity contribution in [1.29, 1.82) is 0 Å². The molecule has 0 radical (unpaired) electrons. The molecule has 62 heavy (non-hydrogen) atoms. The minimum atomic E-state index is -0.485. The van der Waals surface area contributed by atoms with Gasteiger partial charge in [0, 0.05) is 55.2 Å². The third-order valence-electron chi connectivity index (χ3n) is 11.4. The minimum absolute atomic E-state index is 0.00235. The topological polar surface area (TPSA) is 61.4 Å². The molecule has 0 amide bonds. The number of aromatic nitrogens is 6. The van der Waals surface area contributed by atoms with Crippen LogP contribution in [0.2, 0.25) is 0 Å². The van der Waals surface area contributed by atoms with Gasteiger partial charge in [-0.25, -0.2) is 9.97 Å². The summed E-state index contributed by atoms with van der Waals surface area (Å²) in [6.45, 7) is 13.0. The molecule has 4 heterocycles. The molecule has 0 unspecified atom stereocenters. The fourth-order valence-corrected chi connectivity index (χ4v) is 9.43. The van der Waals surface area contributed by atoms with E-state index in [1.807, 2.05) is 60.7 Å². The lowest BCUT2D eigenvalue weighted by Crippen LogP contribution is -2.10. The first kappa shape index (κ1) is 29.5. The Balaban J connectivity index is 1.09. The largest absolute Gasteiger partial charge is 0.309 e. The van der Waals surface area contributed by atoms with Crippen molar-refractivity contribution in [2.45, 2.75) is 52.4 Å². The van der Waals surface area contributed by atoms with Gasteiger partial charge in [0.25, 0.3) is 0 Å². The Morgan fingerprint density at radius 1 is 0.435 bits per heavy atom. The molecular weight excluding hydrogens is 797 g/mol. The van der Waals surface area contributed by atoms with E-state index in [0.717, 1.165) is 22.3 Å². The molecule has 0 N–H and O–H groups in total. The zero-order valence-corrected chi connectivity index (χ0v) is 36.4. The second-order valence-electron chi connectivity index (χ2n) is 17.5. The lowest BCUT2D eigenvalue weighted by molar-refractivity contribution is 0.590. The second kappa shape index (κ2) is 14.4. The zero-order chi connectivity index (χ0) is 50.2. The van der Waals surface area contributed by atoms with Crippen LogP contribution in [-0.4, -0.2) is 27.8 Å². The van der Waals surface area contributed by atoms with Crippen LogP contribution in [0.3, 0.4) is 0 Å². The SMILES string of the molecule is [2H]c1cc([2H])c2c(c1[2H])c1c3c4c([2H])c([2H])c([2H])c([2H])c4n(-c4ccc(-c5nc(-c6ccc(C(C)(C)C)cc6)ns5)cc4)c3c([2H])c([2H])c1n2-c1ccc(-c2nc(-c3ccc(C(C)(C)C)cc3)ns2)cc1. The summed E-state index contributed by atoms with van der Waals surface area (Å²) < 4.78 is 96.0. The summed E-state index contributed by atoms with van der Waals surface area (Å²) in [5, 5.41) is 2.06. The van der Waals surface area contributed by atoms with E-state index in [0.29, 0.717) is 33.0 Å². The summed E-state index contributed by atoms with van der Waals surface area (Å²) in [7, 11) is 0. The quantitative estimate of drug-likeness (QED) is 0.167. The molecule has 0 aliphatic heterocycles. The van der Waals surface area contributed by atoms with Crippen LogP contribution in [0, 0.1) is 0 Å². The van der Waals surface area contributed by atoms with Crippen LogP contribution in [-0.2, 0) is 10.8 Å². The highest BCUT2D eigenvalue weighted by atomic mass is 32.1. The highest BCUT2D eigenvalue weighted by Crippen LogP contribution is 2.43. The number of para-hydroxylation sites is 2. The van der Waals surface area contributed by atoms with E-state index in [4.69, 9.17) is 14.1 Å². The molecule has 8 heteroatoms. The molecule has 0 aliphatic carbocycles. The van der Waals surface area contributed by atoms with Gasteiger partial charge in [0.1, 0.15) is 10.0 Å². The maximum atomic E-state index is 9.79. The first-order valence-electron chi connectivity index (χ1n) is 24.8. The van der Waals surface area contributed by atoms with E-state index in [1.165, 1.54) is 40.3 Å². The number of rotatable bonds is 6. The van der Waals surface area contributed by atoms with Crippen molar-refractivity contribution in [3.05, 3.63) is 169 Å². The minimum Gasteiger partial charge on any atom is -0.309 e. The molecule has 7 aromatic carbocycles. The van der Waals surface area contributed by atoms with Crippen LogP contribution in [0.1, 0.15) is 65.0 Å². The predicted molar refractivity (Wildman–Crippen MR) is 261 cm³/mol. The van der Waals surface area contributed by atoms with Gasteiger partial charge in [0.05, 0.1) is 34.4 Å². The van der Waals surface area contributed by atoms with Gasteiger partial charge in [0.2, 0.25) is 0 Å². The maximum Gasteiger partial charge on any atom is 0.173 e. The van der Waals surface area contributed by atoms with Gasteiger partial charge in [-0.15, -0.1) is 0 Å². The highest BCUT2D eigenvalue weighted by molar-refractivity contribution is 7.09. The molecule has 0 bridgehead atoms. The van der Waals surface area contributed by atoms with E-state index in [-0.39, 0.29) is 96.7 Å². The van der Waals surface area contributed by atoms with Crippen LogP contribution < -0.4 is 0 Å². The van der Waals surface area contributed by atoms with Crippen molar-refractivity contribution < 1.29 is 12.3 Å². The van der Waals surface area contributed by atoms with Crippen LogP contribution in [0.25, 0.3) is 98.9 Å². The van der Waals surface area contributed by atoms with Crippen molar-refractivity contribution in [3.8, 4) is 55.3 Å². The lowest BCUT2D eigenvalue weighted by Gasteiger charge is -2.18. The Kier molecular flexibility index (Phi) is 6.87. The highest BCUT2D eigenvalue weighted by Gasteiger charge is 2.22. The van der Waals surface area contributed by atoms with Gasteiger partial charge < -0.3 is 9.13 Å². The molecule has 0 spiro atoms. The van der Waals surface area contributed by atoms with Gasteiger partial charge >= 0.3 is 0 Å². The number of hydrogen-bond acceptors (Lipinski definition) is 6. The molecule has 302 valence electrons. The summed E-state index contributed by atoms with van der Waals surface area (Å²) in [4.78, 5) is 9.71. The van der Waals surface area contributed by atoms with Crippen molar-refractivity contribution in [3.63, 3.8) is 0 Å². The Morgan fingerprint density at radius 3 is 1.29 bits per heavy atom. The Bertz CT molecular complexity index is 3970. The lowest BCUT2D eigenvalue weighted by atomic mass is 9.87. The molecular formula is C54H44N6S2. The van der Waals surface area contributed by atoms with Crippen molar-refractivity contribution >= 4 is 66.7 Å². The summed E-state index contributed by atoms with van der Waals surface area (Å²) >= 11 is 2.52. The molecule has 6 nitrogen and oxygen atoms in total. The van der Waals surface area contributed by atoms with Crippen molar-refractivity contribution in [2.75, 3.05) is 0 Å². The maximum absolute atomic E-state index is 9.79. The first-order valence-corrected chi connectivity index (χ1v) is 21.9. The molecule has 11 rings (SSSR count). The molecule has 0 saturated carbocycles. The zero-order valence-electron chi connectivity index (χ0n) is 43.8. The number of fused-ring (bicyclic) bond motifs is 7. The van der Waals surface area contributed by atoms with Crippen molar-refractivity contribution in [2.24, 2.45) is 0 Å². The summed E-state index contributed by atoms with van der Waals surface area (Å²) in [6.07, 6.45) is 0. The average molecular weight is 850 g/mol. The molecule has 0 atom stereocenters. The van der Waals surface area contributed by atoms with E-state index in [9.17, 15) is 8.22 Å². The average Bonchev–Trinajstić information content (AvgIpc) is 4.18. The van der Waals surface area contributed by atoms with E-state index in [1.54, 1.807) is 21.3 Å². The molecule has 4 aromatic heterocycles.